The molecule has 2 heterocycles. The highest BCUT2D eigenvalue weighted by molar-refractivity contribution is 7.89. The Bertz CT molecular complexity index is 861. The Hall–Kier alpha value is -1.76. The Morgan fingerprint density at radius 2 is 2.00 bits per heavy atom. The summed E-state index contributed by atoms with van der Waals surface area (Å²) in [4.78, 5) is 6.78. The van der Waals surface area contributed by atoms with Gasteiger partial charge in [-0.05, 0) is 61.2 Å². The number of benzene rings is 1. The van der Waals surface area contributed by atoms with Gasteiger partial charge in [0.1, 0.15) is 0 Å². The van der Waals surface area contributed by atoms with Crippen LogP contribution in [-0.4, -0.2) is 48.8 Å². The number of hydrogen-bond donors (Lipinski definition) is 0. The van der Waals surface area contributed by atoms with Crippen LogP contribution in [-0.2, 0) is 29.4 Å². The van der Waals surface area contributed by atoms with Crippen LogP contribution in [0, 0.1) is 0 Å². The third-order valence-corrected chi connectivity index (χ3v) is 7.14. The lowest BCUT2D eigenvalue weighted by Gasteiger charge is -2.43. The summed E-state index contributed by atoms with van der Waals surface area (Å²) < 4.78 is 27.3. The lowest BCUT2D eigenvalue weighted by atomic mass is 10.1. The van der Waals surface area contributed by atoms with E-state index in [-0.39, 0.29) is 6.04 Å². The van der Waals surface area contributed by atoms with Crippen LogP contribution in [0.4, 0.5) is 0 Å². The summed E-state index contributed by atoms with van der Waals surface area (Å²) in [6.07, 6.45) is 6.81. The zero-order chi connectivity index (χ0) is 17.4. The van der Waals surface area contributed by atoms with Crippen molar-refractivity contribution in [3.8, 4) is 0 Å². The van der Waals surface area contributed by atoms with E-state index in [4.69, 9.17) is 0 Å². The zero-order valence-corrected chi connectivity index (χ0v) is 15.2. The number of rotatable bonds is 5. The van der Waals surface area contributed by atoms with Gasteiger partial charge in [0, 0.05) is 38.1 Å². The summed E-state index contributed by atoms with van der Waals surface area (Å²) in [5.41, 5.74) is 3.65. The summed E-state index contributed by atoms with van der Waals surface area (Å²) >= 11 is 0. The van der Waals surface area contributed by atoms with Crippen molar-refractivity contribution in [1.82, 2.24) is 14.2 Å². The van der Waals surface area contributed by atoms with Crippen molar-refractivity contribution >= 4 is 10.0 Å². The molecule has 1 aliphatic carbocycles. The number of aryl methyl sites for hydroxylation is 2. The van der Waals surface area contributed by atoms with Gasteiger partial charge in [-0.2, -0.15) is 4.31 Å². The molecule has 0 atom stereocenters. The average molecular weight is 357 g/mol. The van der Waals surface area contributed by atoms with Crippen molar-refractivity contribution in [2.75, 3.05) is 20.1 Å². The molecule has 1 saturated heterocycles. The smallest absolute Gasteiger partial charge is 0.243 e. The second-order valence-electron chi connectivity index (χ2n) is 7.04. The van der Waals surface area contributed by atoms with E-state index in [1.807, 2.05) is 37.5 Å². The molecule has 0 radical (unpaired) electrons. The normalized spacial score (nSPS) is 18.3. The molecule has 0 unspecified atom stereocenters. The molecule has 0 spiro atoms. The molecule has 0 amide bonds. The Labute approximate surface area is 149 Å². The van der Waals surface area contributed by atoms with Crippen LogP contribution in [0.15, 0.2) is 47.6 Å². The lowest BCUT2D eigenvalue weighted by Crippen LogP contribution is -2.59. The van der Waals surface area contributed by atoms with Crippen molar-refractivity contribution in [1.29, 1.82) is 0 Å². The number of aromatic nitrogens is 1. The summed E-state index contributed by atoms with van der Waals surface area (Å²) in [5, 5.41) is 0. The van der Waals surface area contributed by atoms with E-state index in [0.717, 1.165) is 31.4 Å². The molecular weight excluding hydrogens is 334 g/mol. The van der Waals surface area contributed by atoms with Crippen molar-refractivity contribution in [3.63, 3.8) is 0 Å². The standard InChI is InChI=1S/C19H23N3O2S/c1-21(12-15-4-3-9-20-11-15)18-13-22(14-18)25(23,24)19-8-7-16-5-2-6-17(16)10-19/h3-4,7-11,18H,2,5-6,12-14H2,1H3. The highest BCUT2D eigenvalue weighted by Crippen LogP contribution is 2.29. The Kier molecular flexibility index (Phi) is 4.35. The number of pyridine rings is 1. The number of sulfonamides is 1. The lowest BCUT2D eigenvalue weighted by molar-refractivity contribution is 0.105. The van der Waals surface area contributed by atoms with Gasteiger partial charge in [-0.15, -0.1) is 0 Å². The van der Waals surface area contributed by atoms with E-state index < -0.39 is 10.0 Å². The molecule has 2 aromatic rings. The Balaban J connectivity index is 1.41. The largest absolute Gasteiger partial charge is 0.296 e. The molecule has 5 nitrogen and oxygen atoms in total. The van der Waals surface area contributed by atoms with Crippen molar-refractivity contribution in [2.45, 2.75) is 36.7 Å². The van der Waals surface area contributed by atoms with Crippen LogP contribution in [0.1, 0.15) is 23.1 Å². The quantitative estimate of drug-likeness (QED) is 0.822. The molecule has 0 N–H and O–H groups in total. The van der Waals surface area contributed by atoms with Gasteiger partial charge < -0.3 is 0 Å². The second kappa shape index (κ2) is 6.52. The highest BCUT2D eigenvalue weighted by Gasteiger charge is 2.38. The molecule has 1 fully saturated rings. The molecule has 4 rings (SSSR count). The first kappa shape index (κ1) is 16.7. The fourth-order valence-corrected chi connectivity index (χ4v) is 5.22. The molecule has 2 aliphatic rings. The van der Waals surface area contributed by atoms with Gasteiger partial charge in [-0.3, -0.25) is 9.88 Å². The highest BCUT2D eigenvalue weighted by atomic mass is 32.2. The van der Waals surface area contributed by atoms with E-state index in [2.05, 4.69) is 9.88 Å². The first-order chi connectivity index (χ1) is 12.0. The molecule has 1 aliphatic heterocycles. The van der Waals surface area contributed by atoms with Gasteiger partial charge in [-0.1, -0.05) is 12.1 Å². The van der Waals surface area contributed by atoms with Gasteiger partial charge >= 0.3 is 0 Å². The van der Waals surface area contributed by atoms with Crippen LogP contribution in [0.25, 0.3) is 0 Å². The predicted molar refractivity (Wildman–Crippen MR) is 96.7 cm³/mol. The minimum Gasteiger partial charge on any atom is -0.296 e. The molecular formula is C19H23N3O2S. The Morgan fingerprint density at radius 3 is 2.76 bits per heavy atom. The third kappa shape index (κ3) is 3.21. The van der Waals surface area contributed by atoms with E-state index in [1.165, 1.54) is 11.1 Å². The summed E-state index contributed by atoms with van der Waals surface area (Å²) in [5.74, 6) is 0. The third-order valence-electron chi connectivity index (χ3n) is 5.31. The molecule has 1 aromatic heterocycles. The van der Waals surface area contributed by atoms with Gasteiger partial charge in [-0.25, -0.2) is 8.42 Å². The molecule has 0 saturated carbocycles. The van der Waals surface area contributed by atoms with Crippen LogP contribution in [0.3, 0.4) is 0 Å². The average Bonchev–Trinajstić information content (AvgIpc) is 3.01. The molecule has 0 bridgehead atoms. The maximum atomic E-state index is 12.8. The minimum atomic E-state index is -3.37. The number of nitrogens with zero attached hydrogens (tertiary/aromatic N) is 3. The van der Waals surface area contributed by atoms with E-state index in [9.17, 15) is 8.42 Å². The number of likely N-dealkylation sites (N-methyl/N-ethyl adjacent to an activating group) is 1. The maximum absolute atomic E-state index is 12.8. The van der Waals surface area contributed by atoms with Crippen molar-refractivity contribution in [3.05, 3.63) is 59.4 Å². The molecule has 25 heavy (non-hydrogen) atoms. The van der Waals surface area contributed by atoms with Crippen molar-refractivity contribution in [2.24, 2.45) is 0 Å². The zero-order valence-electron chi connectivity index (χ0n) is 14.4. The maximum Gasteiger partial charge on any atom is 0.243 e. The summed E-state index contributed by atoms with van der Waals surface area (Å²) in [6.45, 7) is 1.89. The SMILES string of the molecule is CN(Cc1cccnc1)C1CN(S(=O)(=O)c2ccc3c(c2)CCC3)C1. The van der Waals surface area contributed by atoms with Crippen LogP contribution >= 0.6 is 0 Å². The predicted octanol–water partition coefficient (Wildman–Crippen LogP) is 2.08. The topological polar surface area (TPSA) is 53.5 Å². The molecule has 132 valence electrons. The minimum absolute atomic E-state index is 0.254. The fraction of sp³-hybridized carbons (Fsp3) is 0.421. The fourth-order valence-electron chi connectivity index (χ4n) is 3.66. The van der Waals surface area contributed by atoms with E-state index in [0.29, 0.717) is 18.0 Å². The Morgan fingerprint density at radius 1 is 1.20 bits per heavy atom. The molecule has 6 heteroatoms. The number of fused-ring (bicyclic) bond motifs is 1. The van der Waals surface area contributed by atoms with Crippen molar-refractivity contribution < 1.29 is 8.42 Å². The first-order valence-corrected chi connectivity index (χ1v) is 10.2. The van der Waals surface area contributed by atoms with Gasteiger partial charge in [0.25, 0.3) is 0 Å². The first-order valence-electron chi connectivity index (χ1n) is 8.75. The van der Waals surface area contributed by atoms with Gasteiger partial charge in [0.2, 0.25) is 10.0 Å². The second-order valence-corrected chi connectivity index (χ2v) is 8.97. The molecule has 1 aromatic carbocycles. The summed E-state index contributed by atoms with van der Waals surface area (Å²) in [7, 11) is -1.33. The number of hydrogen-bond acceptors (Lipinski definition) is 4. The monoisotopic (exact) mass is 357 g/mol. The summed E-state index contributed by atoms with van der Waals surface area (Å²) in [6, 6.07) is 9.86. The van der Waals surface area contributed by atoms with E-state index in [1.54, 1.807) is 16.6 Å². The van der Waals surface area contributed by atoms with Gasteiger partial charge in [0.15, 0.2) is 0 Å². The van der Waals surface area contributed by atoms with Crippen LogP contribution in [0.2, 0.25) is 0 Å². The van der Waals surface area contributed by atoms with Crippen LogP contribution < -0.4 is 0 Å². The van der Waals surface area contributed by atoms with Crippen LogP contribution in [0.5, 0.6) is 0 Å². The van der Waals surface area contributed by atoms with Gasteiger partial charge in [0.05, 0.1) is 4.90 Å². The van der Waals surface area contributed by atoms with E-state index >= 15 is 0 Å².